The highest BCUT2D eigenvalue weighted by Gasteiger charge is 2.22. The van der Waals surface area contributed by atoms with Crippen LogP contribution in [0.3, 0.4) is 0 Å². The molecule has 0 radical (unpaired) electrons. The predicted octanol–water partition coefficient (Wildman–Crippen LogP) is 4.58. The Morgan fingerprint density at radius 2 is 2.20 bits per heavy atom. The van der Waals surface area contributed by atoms with Crippen molar-refractivity contribution in [2.24, 2.45) is 10.2 Å². The fourth-order valence-corrected chi connectivity index (χ4v) is 3.96. The molecule has 1 amide bonds. The van der Waals surface area contributed by atoms with Crippen LogP contribution in [-0.4, -0.2) is 17.0 Å². The number of hydrogen-bond acceptors (Lipinski definition) is 4. The molecule has 2 aromatic rings. The van der Waals surface area contributed by atoms with Crippen molar-refractivity contribution in [2.75, 3.05) is 0 Å². The minimum absolute atomic E-state index is 0.0515. The maximum Gasteiger partial charge on any atom is 0.248 e. The van der Waals surface area contributed by atoms with E-state index in [1.54, 1.807) is 28.5 Å². The summed E-state index contributed by atoms with van der Waals surface area (Å²) in [4.78, 5) is 15.6. The molecule has 0 fully saturated rings. The van der Waals surface area contributed by atoms with Crippen molar-refractivity contribution in [1.29, 1.82) is 0 Å². The molecule has 1 aromatic heterocycles. The molecule has 0 saturated heterocycles. The highest BCUT2D eigenvalue weighted by atomic mass is 32.1. The summed E-state index contributed by atoms with van der Waals surface area (Å²) in [5.74, 6) is -0.0515. The van der Waals surface area contributed by atoms with Crippen LogP contribution in [0.4, 0.5) is 0 Å². The average molecular weight is 349 g/mol. The van der Waals surface area contributed by atoms with Gasteiger partial charge in [0, 0.05) is 17.2 Å². The molecule has 2 aliphatic rings. The molecule has 126 valence electrons. The standard InChI is InChI=1S/C20H19N3OS/c24-20(9-7-15-6-8-16-3-1-4-17(16)13-15)23(19-10-11-21-22-19)14-18-5-2-12-25-18/h2,5-13,19H,1,3-4,14H2/b9-7+. The van der Waals surface area contributed by atoms with E-state index in [2.05, 4.69) is 28.4 Å². The number of nitrogens with zero attached hydrogens (tertiary/aromatic N) is 3. The first-order valence-corrected chi connectivity index (χ1v) is 9.37. The molecule has 1 unspecified atom stereocenters. The van der Waals surface area contributed by atoms with Gasteiger partial charge >= 0.3 is 0 Å². The fraction of sp³-hybridized carbons (Fsp3) is 0.250. The lowest BCUT2D eigenvalue weighted by atomic mass is 10.1. The highest BCUT2D eigenvalue weighted by Crippen LogP contribution is 2.24. The Kier molecular flexibility index (Phi) is 4.57. The van der Waals surface area contributed by atoms with Crippen molar-refractivity contribution in [3.63, 3.8) is 0 Å². The summed E-state index contributed by atoms with van der Waals surface area (Å²) in [6.45, 7) is 0.541. The molecule has 4 nitrogen and oxygen atoms in total. The normalized spacial score (nSPS) is 18.2. The zero-order valence-corrected chi connectivity index (χ0v) is 14.7. The van der Waals surface area contributed by atoms with E-state index in [0.717, 1.165) is 16.9 Å². The van der Waals surface area contributed by atoms with Crippen LogP contribution < -0.4 is 0 Å². The van der Waals surface area contributed by atoms with Gasteiger partial charge in [-0.25, -0.2) is 0 Å². The third-order valence-corrected chi connectivity index (χ3v) is 5.42. The van der Waals surface area contributed by atoms with Gasteiger partial charge in [0.15, 0.2) is 6.17 Å². The van der Waals surface area contributed by atoms with E-state index in [4.69, 9.17) is 0 Å². The summed E-state index contributed by atoms with van der Waals surface area (Å²) in [6.07, 6.45) is 10.3. The van der Waals surface area contributed by atoms with E-state index in [1.165, 1.54) is 24.0 Å². The first-order valence-electron chi connectivity index (χ1n) is 8.49. The van der Waals surface area contributed by atoms with E-state index >= 15 is 0 Å². The van der Waals surface area contributed by atoms with Gasteiger partial charge in [0.05, 0.1) is 6.54 Å². The lowest BCUT2D eigenvalue weighted by molar-refractivity contribution is -0.127. The van der Waals surface area contributed by atoms with Crippen molar-refractivity contribution in [1.82, 2.24) is 4.90 Å². The maximum absolute atomic E-state index is 12.8. The van der Waals surface area contributed by atoms with Gasteiger partial charge in [-0.3, -0.25) is 4.79 Å². The average Bonchev–Trinajstić information content (AvgIpc) is 3.39. The summed E-state index contributed by atoms with van der Waals surface area (Å²) in [5, 5.41) is 10.0. The van der Waals surface area contributed by atoms with E-state index < -0.39 is 0 Å². The number of azo groups is 1. The number of thiophene rings is 1. The number of fused-ring (bicyclic) bond motifs is 1. The van der Waals surface area contributed by atoms with Gasteiger partial charge < -0.3 is 4.90 Å². The Morgan fingerprint density at radius 3 is 3.00 bits per heavy atom. The molecular formula is C20H19N3OS. The first kappa shape index (κ1) is 16.0. The second-order valence-corrected chi connectivity index (χ2v) is 7.28. The SMILES string of the molecule is O=C(/C=C/c1ccc2c(c1)CCC2)N(Cc1cccs1)C1C=CN=N1. The number of amides is 1. The van der Waals surface area contributed by atoms with Gasteiger partial charge in [-0.15, -0.1) is 11.3 Å². The molecule has 0 saturated carbocycles. The molecule has 4 rings (SSSR count). The Morgan fingerprint density at radius 1 is 1.28 bits per heavy atom. The van der Waals surface area contributed by atoms with Crippen LogP contribution in [0, 0.1) is 0 Å². The van der Waals surface area contributed by atoms with Crippen molar-refractivity contribution in [3.05, 3.63) is 75.6 Å². The van der Waals surface area contributed by atoms with Gasteiger partial charge in [0.25, 0.3) is 0 Å². The summed E-state index contributed by atoms with van der Waals surface area (Å²) in [6, 6.07) is 10.5. The molecule has 0 spiro atoms. The molecule has 5 heteroatoms. The molecule has 1 aliphatic carbocycles. The second-order valence-electron chi connectivity index (χ2n) is 6.25. The van der Waals surface area contributed by atoms with Crippen LogP contribution in [0.25, 0.3) is 6.08 Å². The molecule has 25 heavy (non-hydrogen) atoms. The lowest BCUT2D eigenvalue weighted by Crippen LogP contribution is -2.35. The van der Waals surface area contributed by atoms with Gasteiger partial charge in [-0.2, -0.15) is 10.2 Å². The van der Waals surface area contributed by atoms with Gasteiger partial charge in [-0.05, 0) is 59.6 Å². The molecule has 0 bridgehead atoms. The molecule has 0 N–H and O–H groups in total. The van der Waals surface area contributed by atoms with Crippen LogP contribution in [0.15, 0.2) is 64.3 Å². The van der Waals surface area contributed by atoms with Crippen molar-refractivity contribution >= 4 is 23.3 Å². The van der Waals surface area contributed by atoms with Crippen LogP contribution in [0.5, 0.6) is 0 Å². The van der Waals surface area contributed by atoms with Crippen LogP contribution >= 0.6 is 11.3 Å². The molecule has 1 atom stereocenters. The Hall–Kier alpha value is -2.53. The summed E-state index contributed by atoms with van der Waals surface area (Å²) >= 11 is 1.64. The van der Waals surface area contributed by atoms with Crippen LogP contribution in [0.2, 0.25) is 0 Å². The zero-order valence-electron chi connectivity index (χ0n) is 13.8. The predicted molar refractivity (Wildman–Crippen MR) is 100 cm³/mol. The lowest BCUT2D eigenvalue weighted by Gasteiger charge is -2.23. The maximum atomic E-state index is 12.8. The fourth-order valence-electron chi connectivity index (χ4n) is 3.26. The number of aryl methyl sites for hydroxylation is 2. The van der Waals surface area contributed by atoms with E-state index in [-0.39, 0.29) is 12.1 Å². The minimum Gasteiger partial charge on any atom is -0.307 e. The summed E-state index contributed by atoms with van der Waals surface area (Å²) in [5.41, 5.74) is 3.94. The van der Waals surface area contributed by atoms with E-state index in [1.807, 2.05) is 29.7 Å². The number of hydrogen-bond donors (Lipinski definition) is 0. The zero-order chi connectivity index (χ0) is 17.1. The Balaban J connectivity index is 1.51. The minimum atomic E-state index is -0.320. The van der Waals surface area contributed by atoms with Crippen LogP contribution in [0.1, 0.15) is 28.0 Å². The second kappa shape index (κ2) is 7.15. The van der Waals surface area contributed by atoms with Gasteiger partial charge in [-0.1, -0.05) is 24.3 Å². The Labute approximate surface area is 151 Å². The van der Waals surface area contributed by atoms with Gasteiger partial charge in [0.1, 0.15) is 0 Å². The van der Waals surface area contributed by atoms with Gasteiger partial charge in [0.2, 0.25) is 5.91 Å². The smallest absolute Gasteiger partial charge is 0.248 e. The highest BCUT2D eigenvalue weighted by molar-refractivity contribution is 7.09. The Bertz CT molecular complexity index is 840. The molecule has 1 aliphatic heterocycles. The largest absolute Gasteiger partial charge is 0.307 e. The van der Waals surface area contributed by atoms with Crippen molar-refractivity contribution < 1.29 is 4.79 Å². The quantitative estimate of drug-likeness (QED) is 0.729. The molecule has 1 aromatic carbocycles. The number of carbonyl (C=O) groups excluding carboxylic acids is 1. The molecular weight excluding hydrogens is 330 g/mol. The number of carbonyl (C=O) groups is 1. The topological polar surface area (TPSA) is 45.0 Å². The monoisotopic (exact) mass is 349 g/mol. The summed E-state index contributed by atoms with van der Waals surface area (Å²) < 4.78 is 0. The summed E-state index contributed by atoms with van der Waals surface area (Å²) in [7, 11) is 0. The van der Waals surface area contributed by atoms with Crippen molar-refractivity contribution in [2.45, 2.75) is 32.0 Å². The molecule has 2 heterocycles. The van der Waals surface area contributed by atoms with E-state index in [0.29, 0.717) is 6.54 Å². The van der Waals surface area contributed by atoms with Crippen LogP contribution in [-0.2, 0) is 24.2 Å². The number of rotatable bonds is 5. The van der Waals surface area contributed by atoms with E-state index in [9.17, 15) is 4.79 Å². The third kappa shape index (κ3) is 3.61. The first-order chi connectivity index (χ1) is 12.3. The number of benzene rings is 1. The third-order valence-electron chi connectivity index (χ3n) is 4.56. The van der Waals surface area contributed by atoms with Crippen molar-refractivity contribution in [3.8, 4) is 0 Å².